The Kier molecular flexibility index (Phi) is 6.38. The first kappa shape index (κ1) is 9.99. The maximum Gasteiger partial charge on any atom is 0.0643 e. The van der Waals surface area contributed by atoms with Crippen LogP contribution in [-0.2, 0) is 4.52 Å². The van der Waals surface area contributed by atoms with Crippen molar-refractivity contribution in [2.75, 3.05) is 0 Å². The first-order valence-electron chi connectivity index (χ1n) is 2.74. The highest BCUT2D eigenvalue weighted by molar-refractivity contribution is 8.41. The first-order valence-corrected chi connectivity index (χ1v) is 7.23. The van der Waals surface area contributed by atoms with Crippen LogP contribution in [0.15, 0.2) is 12.7 Å². The SMILES string of the molecule is C=CCC(C)OP(P)P. The monoisotopic (exact) mass is 182 g/mol. The van der Waals surface area contributed by atoms with E-state index in [1.807, 2.05) is 13.0 Å². The van der Waals surface area contributed by atoms with Crippen molar-refractivity contribution in [3.8, 4) is 0 Å². The summed E-state index contributed by atoms with van der Waals surface area (Å²) in [5.41, 5.74) is 0. The second-order valence-electron chi connectivity index (χ2n) is 1.80. The molecular weight excluding hydrogens is 169 g/mol. The molecule has 9 heavy (non-hydrogen) atoms. The quantitative estimate of drug-likeness (QED) is 0.479. The average molecular weight is 182 g/mol. The normalized spacial score (nSPS) is 13.8. The van der Waals surface area contributed by atoms with Crippen LogP contribution >= 0.6 is 25.4 Å². The summed E-state index contributed by atoms with van der Waals surface area (Å²) >= 11 is 0. The largest absolute Gasteiger partial charge is 0.348 e. The van der Waals surface area contributed by atoms with E-state index in [2.05, 4.69) is 24.4 Å². The summed E-state index contributed by atoms with van der Waals surface area (Å²) in [6, 6.07) is 0. The Morgan fingerprint density at radius 2 is 2.33 bits per heavy atom. The van der Waals surface area contributed by atoms with Gasteiger partial charge in [-0.2, -0.15) is 0 Å². The summed E-state index contributed by atoms with van der Waals surface area (Å²) in [6.07, 6.45) is 3.11. The van der Waals surface area contributed by atoms with Gasteiger partial charge < -0.3 is 4.52 Å². The lowest BCUT2D eigenvalue weighted by atomic mass is 10.3. The van der Waals surface area contributed by atoms with E-state index in [4.69, 9.17) is 4.52 Å². The van der Waals surface area contributed by atoms with Crippen molar-refractivity contribution < 1.29 is 4.52 Å². The third-order valence-electron chi connectivity index (χ3n) is 0.800. The lowest BCUT2D eigenvalue weighted by Gasteiger charge is -2.12. The van der Waals surface area contributed by atoms with Crippen molar-refractivity contribution in [3.63, 3.8) is 0 Å². The molecule has 0 heterocycles. The Morgan fingerprint density at radius 3 is 2.67 bits per heavy atom. The molecule has 0 aliphatic rings. The summed E-state index contributed by atoms with van der Waals surface area (Å²) in [5.74, 6) is 0. The van der Waals surface area contributed by atoms with Gasteiger partial charge in [0, 0.05) is 0 Å². The summed E-state index contributed by atoms with van der Waals surface area (Å²) in [4.78, 5) is 0. The van der Waals surface area contributed by atoms with E-state index in [9.17, 15) is 0 Å². The van der Waals surface area contributed by atoms with Crippen LogP contribution in [-0.4, -0.2) is 6.10 Å². The molecule has 4 heteroatoms. The van der Waals surface area contributed by atoms with Gasteiger partial charge in [-0.1, -0.05) is 23.9 Å². The fourth-order valence-electron chi connectivity index (χ4n) is 0.486. The molecule has 0 spiro atoms. The van der Waals surface area contributed by atoms with Gasteiger partial charge >= 0.3 is 0 Å². The van der Waals surface area contributed by atoms with Gasteiger partial charge in [-0.05, 0) is 13.3 Å². The molecule has 3 atom stereocenters. The Labute approximate surface area is 62.7 Å². The molecule has 0 radical (unpaired) electrons. The van der Waals surface area contributed by atoms with Crippen molar-refractivity contribution in [2.45, 2.75) is 19.4 Å². The Hall–Kier alpha value is 0.990. The van der Waals surface area contributed by atoms with E-state index in [1.54, 1.807) is 0 Å². The number of hydrogen-bond acceptors (Lipinski definition) is 1. The molecule has 0 saturated carbocycles. The van der Waals surface area contributed by atoms with Crippen LogP contribution in [0.3, 0.4) is 0 Å². The van der Waals surface area contributed by atoms with Crippen LogP contribution in [0.25, 0.3) is 0 Å². The minimum Gasteiger partial charge on any atom is -0.348 e. The lowest BCUT2D eigenvalue weighted by molar-refractivity contribution is 0.263. The standard InChI is InChI=1S/C5H13OP3/c1-3-4-5(2)6-9(7)8/h3,5H,1,4,7-8H2,2H3. The topological polar surface area (TPSA) is 9.23 Å². The van der Waals surface area contributed by atoms with Gasteiger partial charge in [-0.15, -0.1) is 6.58 Å². The van der Waals surface area contributed by atoms with Gasteiger partial charge in [0.05, 0.1) is 13.6 Å². The lowest BCUT2D eigenvalue weighted by Crippen LogP contribution is -1.99. The second kappa shape index (κ2) is 5.75. The van der Waals surface area contributed by atoms with Crippen molar-refractivity contribution in [3.05, 3.63) is 12.7 Å². The van der Waals surface area contributed by atoms with Crippen molar-refractivity contribution in [1.82, 2.24) is 0 Å². The molecular formula is C5H13OP3. The number of rotatable bonds is 4. The summed E-state index contributed by atoms with van der Waals surface area (Å²) in [5, 5.41) is 0. The first-order chi connectivity index (χ1) is 4.16. The predicted molar refractivity (Wildman–Crippen MR) is 51.7 cm³/mol. The predicted octanol–water partition coefficient (Wildman–Crippen LogP) is 2.94. The van der Waals surface area contributed by atoms with Gasteiger partial charge in [-0.3, -0.25) is 0 Å². The molecule has 0 bridgehead atoms. The Morgan fingerprint density at radius 1 is 1.78 bits per heavy atom. The Balaban J connectivity index is 3.25. The molecule has 0 aromatic rings. The second-order valence-corrected chi connectivity index (χ2v) is 7.57. The Bertz CT molecular complexity index is 84.3. The zero-order valence-electron chi connectivity index (χ0n) is 5.58. The van der Waals surface area contributed by atoms with Crippen LogP contribution in [0.2, 0.25) is 0 Å². The smallest absolute Gasteiger partial charge is 0.0643 e. The molecule has 0 aromatic carbocycles. The van der Waals surface area contributed by atoms with Gasteiger partial charge in [-0.25, -0.2) is 0 Å². The van der Waals surface area contributed by atoms with Gasteiger partial charge in [0.1, 0.15) is 0 Å². The maximum atomic E-state index is 5.41. The minimum absolute atomic E-state index is 0.309. The van der Waals surface area contributed by atoms with Crippen molar-refractivity contribution in [1.29, 1.82) is 0 Å². The van der Waals surface area contributed by atoms with E-state index in [0.717, 1.165) is 6.42 Å². The molecule has 3 unspecified atom stereocenters. The molecule has 0 saturated heterocycles. The molecule has 0 N–H and O–H groups in total. The zero-order valence-corrected chi connectivity index (χ0v) is 8.78. The number of hydrogen-bond donors (Lipinski definition) is 0. The third-order valence-corrected chi connectivity index (χ3v) is 2.13. The highest BCUT2D eigenvalue weighted by Crippen LogP contribution is 2.54. The van der Waals surface area contributed by atoms with E-state index in [0.29, 0.717) is 6.10 Å². The summed E-state index contributed by atoms with van der Waals surface area (Å²) < 4.78 is 5.41. The van der Waals surface area contributed by atoms with E-state index < -0.39 is 0 Å². The summed E-state index contributed by atoms with van der Waals surface area (Å²) in [7, 11) is 4.88. The van der Waals surface area contributed by atoms with Crippen LogP contribution < -0.4 is 0 Å². The van der Waals surface area contributed by atoms with Crippen LogP contribution in [0.5, 0.6) is 0 Å². The molecule has 0 fully saturated rings. The van der Waals surface area contributed by atoms with E-state index in [-0.39, 0.29) is 7.53 Å². The minimum atomic E-state index is -0.366. The fraction of sp³-hybridized carbons (Fsp3) is 0.600. The van der Waals surface area contributed by atoms with Crippen molar-refractivity contribution in [2.24, 2.45) is 0 Å². The van der Waals surface area contributed by atoms with E-state index in [1.165, 1.54) is 0 Å². The fourth-order valence-corrected chi connectivity index (χ4v) is 2.23. The highest BCUT2D eigenvalue weighted by atomic mass is 32.4. The van der Waals surface area contributed by atoms with Gasteiger partial charge in [0.25, 0.3) is 0 Å². The molecule has 0 aliphatic heterocycles. The third kappa shape index (κ3) is 6.88. The van der Waals surface area contributed by atoms with Crippen molar-refractivity contribution >= 4 is 25.4 Å². The summed E-state index contributed by atoms with van der Waals surface area (Å²) in [6.45, 7) is 5.67. The molecule has 1 nitrogen and oxygen atoms in total. The molecule has 54 valence electrons. The highest BCUT2D eigenvalue weighted by Gasteiger charge is 2.00. The molecule has 0 aromatic heterocycles. The van der Waals surface area contributed by atoms with Crippen LogP contribution in [0.1, 0.15) is 13.3 Å². The molecule has 0 aliphatic carbocycles. The molecule has 0 rings (SSSR count). The van der Waals surface area contributed by atoms with E-state index >= 15 is 0 Å². The average Bonchev–Trinajstić information content (AvgIpc) is 1.63. The van der Waals surface area contributed by atoms with Crippen LogP contribution in [0, 0.1) is 0 Å². The maximum absolute atomic E-state index is 5.41. The molecule has 0 amide bonds. The van der Waals surface area contributed by atoms with Gasteiger partial charge in [0.15, 0.2) is 0 Å². The zero-order chi connectivity index (χ0) is 7.28. The van der Waals surface area contributed by atoms with Gasteiger partial charge in [0.2, 0.25) is 0 Å². The van der Waals surface area contributed by atoms with Crippen LogP contribution in [0.4, 0.5) is 0 Å².